The first-order valence-corrected chi connectivity index (χ1v) is 3.94. The summed E-state index contributed by atoms with van der Waals surface area (Å²) >= 11 is 0. The van der Waals surface area contributed by atoms with Gasteiger partial charge in [-0.2, -0.15) is 0 Å². The molecule has 3 nitrogen and oxygen atoms in total. The number of carbonyl (C=O) groups excluding carboxylic acids is 2. The molecule has 0 saturated carbocycles. The Bertz CT molecular complexity index is 225. The average Bonchev–Trinajstić information content (AvgIpc) is 1.80. The van der Waals surface area contributed by atoms with Crippen LogP contribution in [0.15, 0.2) is 24.3 Å². The summed E-state index contributed by atoms with van der Waals surface area (Å²) in [6.07, 6.45) is 0.170. The predicted octanol–water partition coefficient (Wildman–Crippen LogP) is 1.99. The van der Waals surface area contributed by atoms with Crippen molar-refractivity contribution in [2.24, 2.45) is 0 Å². The van der Waals surface area contributed by atoms with Gasteiger partial charge in [0.05, 0.1) is 12.8 Å². The third kappa shape index (κ3) is 7.00. The quantitative estimate of drug-likeness (QED) is 0.379. The van der Waals surface area contributed by atoms with Gasteiger partial charge in [0.2, 0.25) is 0 Å². The molecular weight excluding hydrogens is 168 g/mol. The monoisotopic (exact) mass is 182 g/mol. The Morgan fingerprint density at radius 1 is 1.00 bits per heavy atom. The highest BCUT2D eigenvalue weighted by Gasteiger charge is 2.09. The van der Waals surface area contributed by atoms with Crippen LogP contribution in [-0.2, 0) is 14.3 Å². The lowest BCUT2D eigenvalue weighted by molar-refractivity contribution is -0.158. The van der Waals surface area contributed by atoms with Crippen LogP contribution < -0.4 is 0 Å². The summed E-state index contributed by atoms with van der Waals surface area (Å²) in [7, 11) is 0. The maximum absolute atomic E-state index is 10.9. The first-order valence-electron chi connectivity index (χ1n) is 3.94. The molecule has 0 heterocycles. The molecule has 0 aliphatic rings. The van der Waals surface area contributed by atoms with Crippen LogP contribution in [0.2, 0.25) is 0 Å². The van der Waals surface area contributed by atoms with Crippen molar-refractivity contribution in [1.29, 1.82) is 0 Å². The van der Waals surface area contributed by atoms with Gasteiger partial charge < -0.3 is 4.74 Å². The Morgan fingerprint density at radius 3 is 1.54 bits per heavy atom. The number of rotatable bonds is 4. The van der Waals surface area contributed by atoms with Crippen molar-refractivity contribution in [3.05, 3.63) is 24.3 Å². The second kappa shape index (κ2) is 5.30. The molecule has 72 valence electrons. The van der Waals surface area contributed by atoms with Crippen LogP contribution in [0.25, 0.3) is 0 Å². The Kier molecular flexibility index (Phi) is 4.74. The molecule has 0 atom stereocenters. The highest BCUT2D eigenvalue weighted by Crippen LogP contribution is 2.02. The van der Waals surface area contributed by atoms with Gasteiger partial charge in [-0.05, 0) is 13.8 Å². The maximum Gasteiger partial charge on any atom is 0.317 e. The molecule has 0 fully saturated rings. The number of ether oxygens (including phenoxy) is 1. The topological polar surface area (TPSA) is 43.4 Å². The summed E-state index contributed by atoms with van der Waals surface area (Å²) < 4.78 is 4.47. The van der Waals surface area contributed by atoms with E-state index in [9.17, 15) is 9.59 Å². The fraction of sp³-hybridized carbons (Fsp3) is 0.400. The van der Waals surface area contributed by atoms with Crippen LogP contribution >= 0.6 is 0 Å². The summed E-state index contributed by atoms with van der Waals surface area (Å²) in [6, 6.07) is 0. The van der Waals surface area contributed by atoms with E-state index in [0.717, 1.165) is 0 Å². The molecule has 0 radical (unpaired) electrons. The summed E-state index contributed by atoms with van der Waals surface area (Å²) in [6.45, 7) is 10.5. The van der Waals surface area contributed by atoms with Gasteiger partial charge in [0.25, 0.3) is 0 Å². The van der Waals surface area contributed by atoms with Crippen LogP contribution in [0.1, 0.15) is 26.7 Å². The minimum atomic E-state index is -0.557. The fourth-order valence-corrected chi connectivity index (χ4v) is 0.692. The normalized spacial score (nSPS) is 9.08. The third-order valence-corrected chi connectivity index (χ3v) is 1.12. The molecule has 0 aliphatic heterocycles. The molecule has 0 spiro atoms. The van der Waals surface area contributed by atoms with Gasteiger partial charge in [0, 0.05) is 0 Å². The predicted molar refractivity (Wildman–Crippen MR) is 50.0 cm³/mol. The molecule has 0 amide bonds. The van der Waals surface area contributed by atoms with Crippen LogP contribution in [0.3, 0.4) is 0 Å². The Balaban J connectivity index is 3.85. The van der Waals surface area contributed by atoms with Crippen molar-refractivity contribution in [2.45, 2.75) is 26.7 Å². The van der Waals surface area contributed by atoms with Gasteiger partial charge in [-0.1, -0.05) is 24.3 Å². The van der Waals surface area contributed by atoms with Gasteiger partial charge in [-0.25, -0.2) is 0 Å². The largest absolute Gasteiger partial charge is 0.393 e. The summed E-state index contributed by atoms with van der Waals surface area (Å²) in [5.41, 5.74) is 1.35. The molecule has 0 N–H and O–H groups in total. The molecule has 13 heavy (non-hydrogen) atoms. The summed E-state index contributed by atoms with van der Waals surface area (Å²) in [4.78, 5) is 21.8. The highest BCUT2D eigenvalue weighted by molar-refractivity contribution is 5.87. The maximum atomic E-state index is 10.9. The first-order chi connectivity index (χ1) is 5.91. The van der Waals surface area contributed by atoms with E-state index in [4.69, 9.17) is 0 Å². The number of esters is 2. The Morgan fingerprint density at radius 2 is 1.31 bits per heavy atom. The van der Waals surface area contributed by atoms with Gasteiger partial charge in [-0.15, -0.1) is 0 Å². The molecule has 0 aromatic carbocycles. The lowest BCUT2D eigenvalue weighted by atomic mass is 10.2. The van der Waals surface area contributed by atoms with E-state index in [1.165, 1.54) is 0 Å². The van der Waals surface area contributed by atoms with E-state index in [2.05, 4.69) is 17.9 Å². The van der Waals surface area contributed by atoms with Crippen molar-refractivity contribution in [3.63, 3.8) is 0 Å². The van der Waals surface area contributed by atoms with Crippen LogP contribution in [0.4, 0.5) is 0 Å². The smallest absolute Gasteiger partial charge is 0.317 e. The fourth-order valence-electron chi connectivity index (χ4n) is 0.692. The van der Waals surface area contributed by atoms with E-state index in [0.29, 0.717) is 11.1 Å². The second-order valence-corrected chi connectivity index (χ2v) is 3.11. The summed E-state index contributed by atoms with van der Waals surface area (Å²) in [5, 5.41) is 0. The van der Waals surface area contributed by atoms with Gasteiger partial charge in [-0.3, -0.25) is 9.59 Å². The second-order valence-electron chi connectivity index (χ2n) is 3.11. The van der Waals surface area contributed by atoms with Crippen LogP contribution in [-0.4, -0.2) is 11.9 Å². The summed E-state index contributed by atoms with van der Waals surface area (Å²) in [5.74, 6) is -1.11. The van der Waals surface area contributed by atoms with E-state index in [1.54, 1.807) is 13.8 Å². The van der Waals surface area contributed by atoms with Crippen molar-refractivity contribution in [2.75, 3.05) is 0 Å². The zero-order chi connectivity index (χ0) is 10.4. The zero-order valence-electron chi connectivity index (χ0n) is 8.05. The molecule has 0 unspecified atom stereocenters. The minimum Gasteiger partial charge on any atom is -0.393 e. The number of hydrogen-bond donors (Lipinski definition) is 0. The van der Waals surface area contributed by atoms with Gasteiger partial charge in [0.15, 0.2) is 0 Å². The molecule has 0 rings (SSSR count). The van der Waals surface area contributed by atoms with Crippen molar-refractivity contribution in [3.8, 4) is 0 Å². The molecule has 0 aromatic heterocycles. The lowest BCUT2D eigenvalue weighted by Gasteiger charge is -2.01. The molecule has 0 aromatic rings. The lowest BCUT2D eigenvalue weighted by Crippen LogP contribution is -2.12. The van der Waals surface area contributed by atoms with E-state index in [-0.39, 0.29) is 12.8 Å². The Labute approximate surface area is 78.1 Å². The van der Waals surface area contributed by atoms with Gasteiger partial charge >= 0.3 is 11.9 Å². The number of hydrogen-bond acceptors (Lipinski definition) is 3. The molecule has 3 heteroatoms. The van der Waals surface area contributed by atoms with Crippen LogP contribution in [0.5, 0.6) is 0 Å². The third-order valence-electron chi connectivity index (χ3n) is 1.12. The number of carbonyl (C=O) groups is 2. The molecule has 0 bridgehead atoms. The van der Waals surface area contributed by atoms with Crippen molar-refractivity contribution in [1.82, 2.24) is 0 Å². The van der Waals surface area contributed by atoms with E-state index in [1.807, 2.05) is 0 Å². The van der Waals surface area contributed by atoms with E-state index >= 15 is 0 Å². The standard InChI is InChI=1S/C10H14O3/c1-7(2)5-9(11)13-10(12)6-8(3)4/h1,3,5-6H2,2,4H3. The SMILES string of the molecule is C=C(C)CC(=O)OC(=O)CC(=C)C. The molecule has 0 saturated heterocycles. The van der Waals surface area contributed by atoms with E-state index < -0.39 is 11.9 Å². The van der Waals surface area contributed by atoms with Crippen LogP contribution in [0, 0.1) is 0 Å². The molecular formula is C10H14O3. The van der Waals surface area contributed by atoms with Gasteiger partial charge in [0.1, 0.15) is 0 Å². The molecule has 0 aliphatic carbocycles. The Hall–Kier alpha value is -1.38. The zero-order valence-corrected chi connectivity index (χ0v) is 8.05. The highest BCUT2D eigenvalue weighted by atomic mass is 16.6. The minimum absolute atomic E-state index is 0.0852. The first kappa shape index (κ1) is 11.6. The average molecular weight is 182 g/mol. The van der Waals surface area contributed by atoms with Crippen molar-refractivity contribution < 1.29 is 14.3 Å². The van der Waals surface area contributed by atoms with Crippen molar-refractivity contribution >= 4 is 11.9 Å².